The van der Waals surface area contributed by atoms with Gasteiger partial charge in [0.2, 0.25) is 0 Å². The Morgan fingerprint density at radius 3 is 3.05 bits per heavy atom. The molecular weight excluding hydrogens is 324 g/mol. The number of halogens is 1. The smallest absolute Gasteiger partial charge is 0.179 e. The highest BCUT2D eigenvalue weighted by atomic mass is 79.9. The maximum atomic E-state index is 5.40. The second-order valence-corrected chi connectivity index (χ2v) is 6.27. The summed E-state index contributed by atoms with van der Waals surface area (Å²) >= 11 is 8.83. The second kappa shape index (κ2) is 5.34. The van der Waals surface area contributed by atoms with Crippen molar-refractivity contribution in [1.82, 2.24) is 19.4 Å². The van der Waals surface area contributed by atoms with Crippen LogP contribution in [-0.4, -0.2) is 38.6 Å². The summed E-state index contributed by atoms with van der Waals surface area (Å²) in [5, 5.41) is 0. The summed E-state index contributed by atoms with van der Waals surface area (Å²) < 4.78 is 3.83. The lowest BCUT2D eigenvalue weighted by Crippen LogP contribution is -2.29. The fourth-order valence-corrected chi connectivity index (χ4v) is 3.11. The van der Waals surface area contributed by atoms with Crippen molar-refractivity contribution >= 4 is 39.3 Å². The van der Waals surface area contributed by atoms with E-state index in [0.29, 0.717) is 0 Å². The zero-order chi connectivity index (χ0) is 13.4. The van der Waals surface area contributed by atoms with Gasteiger partial charge in [-0.05, 0) is 53.6 Å². The maximum absolute atomic E-state index is 5.40. The van der Waals surface area contributed by atoms with Crippen LogP contribution >= 0.6 is 28.1 Å². The van der Waals surface area contributed by atoms with Crippen LogP contribution in [0.3, 0.4) is 0 Å². The Bertz CT molecular complexity index is 644. The number of hydrogen-bond acceptors (Lipinski definition) is 3. The fourth-order valence-electron chi connectivity index (χ4n) is 2.49. The number of nitrogens with zero attached hydrogens (tertiary/aromatic N) is 3. The highest BCUT2D eigenvalue weighted by molar-refractivity contribution is 9.10. The van der Waals surface area contributed by atoms with Gasteiger partial charge in [0.1, 0.15) is 0 Å². The van der Waals surface area contributed by atoms with E-state index in [0.717, 1.165) is 46.1 Å². The molecule has 0 atom stereocenters. The Morgan fingerprint density at radius 2 is 2.37 bits per heavy atom. The zero-order valence-corrected chi connectivity index (χ0v) is 13.3. The number of imidazole rings is 1. The van der Waals surface area contributed by atoms with Gasteiger partial charge in [0, 0.05) is 29.8 Å². The van der Waals surface area contributed by atoms with Crippen molar-refractivity contribution in [2.45, 2.75) is 32.4 Å². The van der Waals surface area contributed by atoms with Crippen LogP contribution in [0.5, 0.6) is 0 Å². The molecule has 0 radical (unpaired) electrons. The molecule has 1 aliphatic carbocycles. The molecule has 1 aliphatic rings. The lowest BCUT2D eigenvalue weighted by atomic mass is 10.4. The van der Waals surface area contributed by atoms with Crippen molar-refractivity contribution in [1.29, 1.82) is 0 Å². The molecule has 1 N–H and O–H groups in total. The predicted octanol–water partition coefficient (Wildman–Crippen LogP) is 3.34. The number of hydrogen-bond donors (Lipinski definition) is 1. The summed E-state index contributed by atoms with van der Waals surface area (Å²) in [5.41, 5.74) is 1.94. The van der Waals surface area contributed by atoms with Gasteiger partial charge < -0.3 is 9.55 Å². The predicted molar refractivity (Wildman–Crippen MR) is 82.9 cm³/mol. The van der Waals surface area contributed by atoms with E-state index in [1.54, 1.807) is 0 Å². The summed E-state index contributed by atoms with van der Waals surface area (Å²) in [6, 6.07) is 2.82. The molecule has 0 bridgehead atoms. The summed E-state index contributed by atoms with van der Waals surface area (Å²) in [4.78, 5) is 10.2. The molecule has 0 saturated heterocycles. The number of fused-ring (bicyclic) bond motifs is 1. The van der Waals surface area contributed by atoms with Gasteiger partial charge in [-0.2, -0.15) is 0 Å². The number of aromatic nitrogens is 3. The van der Waals surface area contributed by atoms with E-state index in [4.69, 9.17) is 12.2 Å². The van der Waals surface area contributed by atoms with Gasteiger partial charge in [-0.3, -0.25) is 4.90 Å². The molecule has 0 unspecified atom stereocenters. The van der Waals surface area contributed by atoms with Crippen molar-refractivity contribution < 1.29 is 0 Å². The third kappa shape index (κ3) is 2.75. The Labute approximate surface area is 126 Å². The highest BCUT2D eigenvalue weighted by Gasteiger charge is 2.27. The third-order valence-electron chi connectivity index (χ3n) is 3.66. The molecular formula is C13H17BrN4S. The van der Waals surface area contributed by atoms with Crippen molar-refractivity contribution in [2.24, 2.45) is 0 Å². The van der Waals surface area contributed by atoms with Crippen LogP contribution < -0.4 is 0 Å². The number of pyridine rings is 1. The van der Waals surface area contributed by atoms with E-state index >= 15 is 0 Å². The Morgan fingerprint density at radius 1 is 1.58 bits per heavy atom. The number of rotatable bonds is 5. The first-order valence-corrected chi connectivity index (χ1v) is 7.87. The monoisotopic (exact) mass is 340 g/mol. The molecule has 3 rings (SSSR count). The molecule has 0 amide bonds. The molecule has 102 valence electrons. The molecule has 4 nitrogen and oxygen atoms in total. The van der Waals surface area contributed by atoms with Gasteiger partial charge in [0.15, 0.2) is 10.4 Å². The summed E-state index contributed by atoms with van der Waals surface area (Å²) in [5.74, 6) is 0. The number of likely N-dealkylation sites (N-methyl/N-ethyl adjacent to an activating group) is 1. The molecule has 0 aliphatic heterocycles. The minimum absolute atomic E-state index is 0.757. The van der Waals surface area contributed by atoms with Crippen LogP contribution in [0.1, 0.15) is 19.8 Å². The van der Waals surface area contributed by atoms with E-state index in [1.807, 2.05) is 12.3 Å². The molecule has 0 spiro atoms. The van der Waals surface area contributed by atoms with Crippen molar-refractivity contribution in [3.05, 3.63) is 21.5 Å². The minimum atomic E-state index is 0.757. The molecule has 1 saturated carbocycles. The van der Waals surface area contributed by atoms with Crippen molar-refractivity contribution in [2.75, 3.05) is 13.1 Å². The topological polar surface area (TPSA) is 36.9 Å². The van der Waals surface area contributed by atoms with Gasteiger partial charge in [0.25, 0.3) is 0 Å². The van der Waals surface area contributed by atoms with E-state index < -0.39 is 0 Å². The molecule has 2 aromatic heterocycles. The van der Waals surface area contributed by atoms with Crippen LogP contribution in [0.4, 0.5) is 0 Å². The second-order valence-electron chi connectivity index (χ2n) is 4.97. The first kappa shape index (κ1) is 13.3. The summed E-state index contributed by atoms with van der Waals surface area (Å²) in [7, 11) is 0. The maximum Gasteiger partial charge on any atom is 0.179 e. The van der Waals surface area contributed by atoms with E-state index in [2.05, 4.69) is 42.3 Å². The van der Waals surface area contributed by atoms with Crippen LogP contribution in [0.2, 0.25) is 0 Å². The first-order valence-electron chi connectivity index (χ1n) is 6.67. The lowest BCUT2D eigenvalue weighted by molar-refractivity contribution is 0.266. The molecule has 2 heterocycles. The average molecular weight is 341 g/mol. The normalized spacial score (nSPS) is 15.5. The number of aromatic amines is 1. The van der Waals surface area contributed by atoms with Gasteiger partial charge in [-0.15, -0.1) is 0 Å². The Hall–Kier alpha value is -0.720. The molecule has 2 aromatic rings. The largest absolute Gasteiger partial charge is 0.329 e. The van der Waals surface area contributed by atoms with Crippen LogP contribution in [0, 0.1) is 4.77 Å². The van der Waals surface area contributed by atoms with Crippen LogP contribution in [0.15, 0.2) is 16.7 Å². The van der Waals surface area contributed by atoms with Gasteiger partial charge in [-0.25, -0.2) is 4.98 Å². The standard InChI is InChI=1S/C13H17BrN4S/c1-2-17(10-3-4-10)5-6-18-12-11(16-13(18)19)7-9(14)8-15-12/h7-8,10H,2-6H2,1H3,(H,16,19). The van der Waals surface area contributed by atoms with Gasteiger partial charge >= 0.3 is 0 Å². The minimum Gasteiger partial charge on any atom is -0.329 e. The van der Waals surface area contributed by atoms with E-state index in [-0.39, 0.29) is 0 Å². The van der Waals surface area contributed by atoms with E-state index in [9.17, 15) is 0 Å². The van der Waals surface area contributed by atoms with Crippen LogP contribution in [-0.2, 0) is 6.54 Å². The van der Waals surface area contributed by atoms with Crippen molar-refractivity contribution in [3.8, 4) is 0 Å². The van der Waals surface area contributed by atoms with Gasteiger partial charge in [-0.1, -0.05) is 6.92 Å². The molecule has 19 heavy (non-hydrogen) atoms. The number of nitrogens with one attached hydrogen (secondary N) is 1. The Balaban J connectivity index is 1.83. The third-order valence-corrected chi connectivity index (χ3v) is 4.41. The zero-order valence-electron chi connectivity index (χ0n) is 10.9. The lowest BCUT2D eigenvalue weighted by Gasteiger charge is -2.19. The molecule has 0 aromatic carbocycles. The highest BCUT2D eigenvalue weighted by Crippen LogP contribution is 2.26. The molecule has 6 heteroatoms. The van der Waals surface area contributed by atoms with Crippen LogP contribution in [0.25, 0.3) is 11.2 Å². The van der Waals surface area contributed by atoms with Crippen molar-refractivity contribution in [3.63, 3.8) is 0 Å². The molecule has 1 fully saturated rings. The Kier molecular flexibility index (Phi) is 3.73. The first-order chi connectivity index (χ1) is 9.19. The quantitative estimate of drug-likeness (QED) is 0.848. The SMILES string of the molecule is CCN(CCn1c(=S)[nH]c2cc(Br)cnc21)C1CC1. The average Bonchev–Trinajstić information content (AvgIpc) is 3.16. The summed E-state index contributed by atoms with van der Waals surface area (Å²) in [6.07, 6.45) is 4.51. The number of H-pyrrole nitrogens is 1. The fraction of sp³-hybridized carbons (Fsp3) is 0.538. The van der Waals surface area contributed by atoms with Gasteiger partial charge in [0.05, 0.1) is 5.52 Å². The van der Waals surface area contributed by atoms with E-state index in [1.165, 1.54) is 12.8 Å². The summed E-state index contributed by atoms with van der Waals surface area (Å²) in [6.45, 7) is 5.28.